The van der Waals surface area contributed by atoms with Crippen LogP contribution in [0.4, 0.5) is 0 Å². The van der Waals surface area contributed by atoms with Gasteiger partial charge in [-0.3, -0.25) is 0 Å². The maximum Gasteiger partial charge on any atom is 0.345 e. The first-order valence-electron chi connectivity index (χ1n) is 4.84. The van der Waals surface area contributed by atoms with E-state index in [2.05, 4.69) is 4.74 Å². The van der Waals surface area contributed by atoms with Crippen LogP contribution in [0.3, 0.4) is 0 Å². The van der Waals surface area contributed by atoms with Gasteiger partial charge in [-0.15, -0.1) is 0 Å². The molecule has 0 atom stereocenters. The topological polar surface area (TPSA) is 65.0 Å². The molecule has 1 rings (SSSR count). The van der Waals surface area contributed by atoms with Crippen molar-refractivity contribution in [2.24, 2.45) is 0 Å². The number of phenolic OH excluding ortho intramolecular Hbond substituents is 1. The van der Waals surface area contributed by atoms with Crippen molar-refractivity contribution in [1.82, 2.24) is 0 Å². The highest BCUT2D eigenvalue weighted by Crippen LogP contribution is 2.28. The van der Waals surface area contributed by atoms with Gasteiger partial charge in [0.25, 0.3) is 5.95 Å². The van der Waals surface area contributed by atoms with Gasteiger partial charge in [-0.1, -0.05) is 18.2 Å². The third-order valence-corrected chi connectivity index (χ3v) is 2.14. The number of aromatic hydroxyl groups is 1. The van der Waals surface area contributed by atoms with Crippen molar-refractivity contribution < 1.29 is 24.1 Å². The van der Waals surface area contributed by atoms with E-state index in [9.17, 15) is 9.90 Å². The Labute approximate surface area is 99.2 Å². The van der Waals surface area contributed by atoms with Gasteiger partial charge >= 0.3 is 5.97 Å². The normalized spacial score (nSPS) is 9.35. The van der Waals surface area contributed by atoms with Crippen molar-refractivity contribution in [3.8, 4) is 5.75 Å². The standard InChI is InChI=1S/C12H14O5/c1-15-11(14)10(12(16-2)17-3)8-6-4-5-7-9(8)13/h4-7,13H,1-3H3. The first-order chi connectivity index (χ1) is 8.15. The number of ether oxygens (including phenoxy) is 3. The number of benzene rings is 1. The Morgan fingerprint density at radius 3 is 2.12 bits per heavy atom. The predicted molar refractivity (Wildman–Crippen MR) is 61.1 cm³/mol. The summed E-state index contributed by atoms with van der Waals surface area (Å²) in [7, 11) is 3.97. The Kier molecular flexibility index (Phi) is 4.39. The lowest BCUT2D eigenvalue weighted by atomic mass is 10.1. The summed E-state index contributed by atoms with van der Waals surface area (Å²) in [5, 5.41) is 9.71. The van der Waals surface area contributed by atoms with Crippen LogP contribution in [0.2, 0.25) is 0 Å². The number of para-hydroxylation sites is 1. The van der Waals surface area contributed by atoms with E-state index in [4.69, 9.17) is 9.47 Å². The lowest BCUT2D eigenvalue weighted by Gasteiger charge is -2.12. The minimum atomic E-state index is -0.648. The van der Waals surface area contributed by atoms with Crippen LogP contribution in [-0.2, 0) is 19.0 Å². The predicted octanol–water partition coefficient (Wildman–Crippen LogP) is 1.53. The minimum absolute atomic E-state index is 0.0154. The van der Waals surface area contributed by atoms with Crippen molar-refractivity contribution in [1.29, 1.82) is 0 Å². The lowest BCUT2D eigenvalue weighted by Crippen LogP contribution is -2.09. The summed E-state index contributed by atoms with van der Waals surface area (Å²) in [6.07, 6.45) is 0. The summed E-state index contributed by atoms with van der Waals surface area (Å²) in [5.74, 6) is -0.719. The summed E-state index contributed by atoms with van der Waals surface area (Å²) in [5.41, 5.74) is 0.327. The van der Waals surface area contributed by atoms with Crippen LogP contribution in [0, 0.1) is 0 Å². The number of methoxy groups -OCH3 is 3. The Morgan fingerprint density at radius 1 is 1.06 bits per heavy atom. The molecule has 0 unspecified atom stereocenters. The van der Waals surface area contributed by atoms with Gasteiger partial charge in [-0.2, -0.15) is 0 Å². The SMILES string of the molecule is COC(=O)C(=C(OC)OC)c1ccccc1O. The van der Waals surface area contributed by atoms with Gasteiger partial charge in [0.05, 0.1) is 21.3 Å². The summed E-state index contributed by atoms with van der Waals surface area (Å²) in [6, 6.07) is 6.36. The molecule has 0 saturated heterocycles. The third-order valence-electron chi connectivity index (χ3n) is 2.14. The number of hydrogen-bond acceptors (Lipinski definition) is 5. The van der Waals surface area contributed by atoms with Crippen LogP contribution in [0.5, 0.6) is 5.75 Å². The quantitative estimate of drug-likeness (QED) is 0.489. The molecule has 0 spiro atoms. The molecule has 0 aliphatic heterocycles. The molecule has 0 bridgehead atoms. The number of rotatable bonds is 4. The molecule has 1 aromatic carbocycles. The maximum atomic E-state index is 11.7. The summed E-state index contributed by atoms with van der Waals surface area (Å²) < 4.78 is 14.5. The highest BCUT2D eigenvalue weighted by molar-refractivity contribution is 6.17. The van der Waals surface area contributed by atoms with Gasteiger partial charge in [0.1, 0.15) is 5.75 Å². The Morgan fingerprint density at radius 2 is 1.65 bits per heavy atom. The van der Waals surface area contributed by atoms with Crippen molar-refractivity contribution in [2.75, 3.05) is 21.3 Å². The van der Waals surface area contributed by atoms with Crippen LogP contribution < -0.4 is 0 Å². The number of carbonyl (C=O) groups is 1. The highest BCUT2D eigenvalue weighted by Gasteiger charge is 2.23. The van der Waals surface area contributed by atoms with Gasteiger partial charge in [0.2, 0.25) is 0 Å². The number of phenols is 1. The third kappa shape index (κ3) is 2.69. The molecule has 5 nitrogen and oxygen atoms in total. The number of esters is 1. The van der Waals surface area contributed by atoms with Crippen LogP contribution in [0.25, 0.3) is 5.57 Å². The van der Waals surface area contributed by atoms with E-state index < -0.39 is 5.97 Å². The minimum Gasteiger partial charge on any atom is -0.507 e. The van der Waals surface area contributed by atoms with E-state index in [1.807, 2.05) is 0 Å². The van der Waals surface area contributed by atoms with E-state index in [-0.39, 0.29) is 22.8 Å². The molecule has 0 fully saturated rings. The average Bonchev–Trinajstić information content (AvgIpc) is 2.36. The molecule has 0 saturated carbocycles. The van der Waals surface area contributed by atoms with E-state index >= 15 is 0 Å². The van der Waals surface area contributed by atoms with E-state index in [1.54, 1.807) is 18.2 Å². The smallest absolute Gasteiger partial charge is 0.345 e. The van der Waals surface area contributed by atoms with Crippen molar-refractivity contribution in [3.05, 3.63) is 35.8 Å². The van der Waals surface area contributed by atoms with E-state index in [0.717, 1.165) is 0 Å². The largest absolute Gasteiger partial charge is 0.507 e. The summed E-state index contributed by atoms with van der Waals surface area (Å²) in [4.78, 5) is 11.7. The van der Waals surface area contributed by atoms with Gasteiger partial charge in [-0.25, -0.2) is 4.79 Å². The molecule has 1 N–H and O–H groups in total. The van der Waals surface area contributed by atoms with Crippen LogP contribution in [0.15, 0.2) is 30.2 Å². The molecule has 0 heterocycles. The molecule has 17 heavy (non-hydrogen) atoms. The zero-order valence-corrected chi connectivity index (χ0v) is 9.89. The van der Waals surface area contributed by atoms with Crippen molar-refractivity contribution in [2.45, 2.75) is 0 Å². The summed E-state index contributed by atoms with van der Waals surface area (Å²) >= 11 is 0. The fourth-order valence-electron chi connectivity index (χ4n) is 1.38. The van der Waals surface area contributed by atoms with Gasteiger partial charge in [-0.05, 0) is 6.07 Å². The van der Waals surface area contributed by atoms with Crippen LogP contribution in [0.1, 0.15) is 5.56 Å². The number of carbonyl (C=O) groups excluding carboxylic acids is 1. The second kappa shape index (κ2) is 5.79. The molecule has 0 aliphatic rings. The molecule has 0 radical (unpaired) electrons. The van der Waals surface area contributed by atoms with Crippen LogP contribution in [-0.4, -0.2) is 32.4 Å². The van der Waals surface area contributed by atoms with Gasteiger partial charge in [0, 0.05) is 5.56 Å². The van der Waals surface area contributed by atoms with Crippen molar-refractivity contribution in [3.63, 3.8) is 0 Å². The molecular formula is C12H14O5. The molecule has 0 aromatic heterocycles. The second-order valence-electron chi connectivity index (χ2n) is 3.08. The average molecular weight is 238 g/mol. The van der Waals surface area contributed by atoms with Crippen LogP contribution >= 0.6 is 0 Å². The highest BCUT2D eigenvalue weighted by atomic mass is 16.7. The van der Waals surface area contributed by atoms with Gasteiger partial charge < -0.3 is 19.3 Å². The fraction of sp³-hybridized carbons (Fsp3) is 0.250. The zero-order chi connectivity index (χ0) is 12.8. The Balaban J connectivity index is 3.40. The fourth-order valence-corrected chi connectivity index (χ4v) is 1.38. The molecule has 0 aliphatic carbocycles. The molecular weight excluding hydrogens is 224 g/mol. The zero-order valence-electron chi connectivity index (χ0n) is 9.89. The Hall–Kier alpha value is -2.17. The Bertz CT molecular complexity index is 430. The molecule has 5 heteroatoms. The molecule has 1 aromatic rings. The molecule has 92 valence electrons. The summed E-state index contributed by atoms with van der Waals surface area (Å²) in [6.45, 7) is 0. The molecule has 0 amide bonds. The van der Waals surface area contributed by atoms with Gasteiger partial charge in [0.15, 0.2) is 5.57 Å². The lowest BCUT2D eigenvalue weighted by molar-refractivity contribution is -0.134. The number of hydrogen-bond donors (Lipinski definition) is 1. The first-order valence-corrected chi connectivity index (χ1v) is 4.84. The van der Waals surface area contributed by atoms with E-state index in [0.29, 0.717) is 0 Å². The monoisotopic (exact) mass is 238 g/mol. The van der Waals surface area contributed by atoms with Crippen molar-refractivity contribution >= 4 is 11.5 Å². The first kappa shape index (κ1) is 12.9. The van der Waals surface area contributed by atoms with E-state index in [1.165, 1.54) is 27.4 Å². The second-order valence-corrected chi connectivity index (χ2v) is 3.08. The maximum absolute atomic E-state index is 11.7.